The molecule has 0 aliphatic rings. The predicted octanol–water partition coefficient (Wildman–Crippen LogP) is 2.25. The Morgan fingerprint density at radius 1 is 1.71 bits per heavy atom. The van der Waals surface area contributed by atoms with Crippen LogP contribution in [0.3, 0.4) is 0 Å². The van der Waals surface area contributed by atoms with Gasteiger partial charge in [0.15, 0.2) is 5.75 Å². The van der Waals surface area contributed by atoms with Gasteiger partial charge >= 0.3 is 0 Å². The van der Waals surface area contributed by atoms with E-state index < -0.39 is 6.10 Å². The normalized spacial score (nSPS) is 11.7. The van der Waals surface area contributed by atoms with E-state index in [0.29, 0.717) is 4.47 Å². The maximum Gasteiger partial charge on any atom is 0.259 e. The van der Waals surface area contributed by atoms with E-state index in [4.69, 9.17) is 27.0 Å². The van der Waals surface area contributed by atoms with Crippen LogP contribution >= 0.6 is 27.5 Å². The van der Waals surface area contributed by atoms with Crippen LogP contribution in [0.2, 0.25) is 5.15 Å². The van der Waals surface area contributed by atoms with Crippen LogP contribution in [0.1, 0.15) is 0 Å². The van der Waals surface area contributed by atoms with Crippen LogP contribution in [0.25, 0.3) is 10.4 Å². The zero-order valence-corrected chi connectivity index (χ0v) is 10.8. The number of rotatable bonds is 5. The van der Waals surface area contributed by atoms with Crippen molar-refractivity contribution in [2.45, 2.75) is 6.10 Å². The molecule has 0 unspecified atom stereocenters. The Labute approximate surface area is 110 Å². The van der Waals surface area contributed by atoms with Gasteiger partial charge in [-0.15, -0.1) is 0 Å². The third-order valence-corrected chi connectivity index (χ3v) is 2.51. The van der Waals surface area contributed by atoms with Crippen LogP contribution in [0, 0.1) is 0 Å². The van der Waals surface area contributed by atoms with Crippen LogP contribution in [-0.4, -0.2) is 34.5 Å². The van der Waals surface area contributed by atoms with E-state index in [0.717, 1.165) is 0 Å². The van der Waals surface area contributed by atoms with Crippen molar-refractivity contribution in [2.24, 2.45) is 5.11 Å². The van der Waals surface area contributed by atoms with Gasteiger partial charge in [-0.05, 0) is 27.5 Å². The fourth-order valence-electron chi connectivity index (χ4n) is 0.957. The number of hydrogen-bond donors (Lipinski definition) is 2. The van der Waals surface area contributed by atoms with Crippen molar-refractivity contribution < 1.29 is 14.9 Å². The first-order chi connectivity index (χ1) is 8.08. The minimum atomic E-state index is -0.797. The van der Waals surface area contributed by atoms with Crippen molar-refractivity contribution >= 4 is 27.5 Å². The summed E-state index contributed by atoms with van der Waals surface area (Å²) in [5.74, 6) is -0.384. The third kappa shape index (κ3) is 3.94. The van der Waals surface area contributed by atoms with Crippen molar-refractivity contribution in [3.63, 3.8) is 0 Å². The molecule has 0 amide bonds. The van der Waals surface area contributed by atoms with E-state index in [2.05, 4.69) is 30.9 Å². The van der Waals surface area contributed by atoms with Crippen molar-refractivity contribution in [1.82, 2.24) is 4.98 Å². The van der Waals surface area contributed by atoms with E-state index in [1.807, 2.05) is 0 Å². The number of ether oxygens (including phenoxy) is 1. The molecule has 2 N–H and O–H groups in total. The Morgan fingerprint density at radius 2 is 2.41 bits per heavy atom. The van der Waals surface area contributed by atoms with E-state index in [1.54, 1.807) is 0 Å². The average Bonchev–Trinajstić information content (AvgIpc) is 2.30. The van der Waals surface area contributed by atoms with Gasteiger partial charge in [0.1, 0.15) is 11.3 Å². The SMILES string of the molecule is [N-]=[N+]=NC[C@@H](CO)Oc1nc(Cl)cc(Br)c1O. The molecule has 1 heterocycles. The molecule has 0 aliphatic heterocycles. The predicted molar refractivity (Wildman–Crippen MR) is 64.1 cm³/mol. The number of nitrogens with zero attached hydrogens (tertiary/aromatic N) is 4. The summed E-state index contributed by atoms with van der Waals surface area (Å²) in [6.45, 7) is -0.470. The number of azide groups is 1. The fourth-order valence-corrected chi connectivity index (χ4v) is 1.66. The highest BCUT2D eigenvalue weighted by atomic mass is 79.9. The Kier molecular flexibility index (Phi) is 5.30. The van der Waals surface area contributed by atoms with Crippen LogP contribution in [0.15, 0.2) is 15.7 Å². The van der Waals surface area contributed by atoms with E-state index in [1.165, 1.54) is 6.07 Å². The second-order valence-electron chi connectivity index (χ2n) is 2.92. The van der Waals surface area contributed by atoms with Gasteiger partial charge in [-0.3, -0.25) is 0 Å². The molecule has 1 atom stereocenters. The second kappa shape index (κ2) is 6.51. The minimum absolute atomic E-state index is 0.0851. The standard InChI is InChI=1S/C8H8BrClN4O3/c9-5-1-6(10)13-8(7(5)16)17-4(3-15)2-12-14-11/h1,4,15-16H,2-3H2/t4-/m0/s1. The molecule has 1 aromatic rings. The first-order valence-corrected chi connectivity index (χ1v) is 5.59. The molecule has 7 nitrogen and oxygen atoms in total. The van der Waals surface area contributed by atoms with Crippen molar-refractivity contribution in [3.05, 3.63) is 26.1 Å². The molecule has 9 heteroatoms. The summed E-state index contributed by atoms with van der Waals surface area (Å²) in [4.78, 5) is 6.28. The number of aromatic hydroxyl groups is 1. The fraction of sp³-hybridized carbons (Fsp3) is 0.375. The van der Waals surface area contributed by atoms with E-state index >= 15 is 0 Å². The minimum Gasteiger partial charge on any atom is -0.502 e. The molecule has 0 fully saturated rings. The molecule has 0 spiro atoms. The molecule has 92 valence electrons. The molecular weight excluding hydrogens is 315 g/mol. The lowest BCUT2D eigenvalue weighted by atomic mass is 10.4. The van der Waals surface area contributed by atoms with Gasteiger partial charge in [0.05, 0.1) is 17.6 Å². The summed E-state index contributed by atoms with van der Waals surface area (Å²) in [5, 5.41) is 22.0. The van der Waals surface area contributed by atoms with E-state index in [-0.39, 0.29) is 29.9 Å². The molecule has 17 heavy (non-hydrogen) atoms. The summed E-state index contributed by atoms with van der Waals surface area (Å²) in [6.07, 6.45) is -0.797. The maximum atomic E-state index is 9.61. The van der Waals surface area contributed by atoms with Gasteiger partial charge < -0.3 is 14.9 Å². The lowest BCUT2D eigenvalue weighted by Gasteiger charge is -2.15. The monoisotopic (exact) mass is 322 g/mol. The number of aliphatic hydroxyl groups is 1. The average molecular weight is 324 g/mol. The van der Waals surface area contributed by atoms with Crippen LogP contribution < -0.4 is 4.74 Å². The number of hydrogen-bond acceptors (Lipinski definition) is 5. The van der Waals surface area contributed by atoms with Crippen LogP contribution in [-0.2, 0) is 0 Å². The maximum absolute atomic E-state index is 9.61. The summed E-state index contributed by atoms with van der Waals surface area (Å²) < 4.78 is 5.48. The van der Waals surface area contributed by atoms with Gasteiger partial charge in [0, 0.05) is 4.91 Å². The number of pyridine rings is 1. The molecule has 0 aromatic carbocycles. The highest BCUT2D eigenvalue weighted by Crippen LogP contribution is 2.34. The van der Waals surface area contributed by atoms with Crippen molar-refractivity contribution in [1.29, 1.82) is 0 Å². The van der Waals surface area contributed by atoms with Gasteiger partial charge in [-0.1, -0.05) is 16.7 Å². The van der Waals surface area contributed by atoms with Crippen molar-refractivity contribution in [3.8, 4) is 11.6 Å². The Morgan fingerprint density at radius 3 is 3.00 bits per heavy atom. The first kappa shape index (κ1) is 13.9. The number of halogens is 2. The number of aromatic nitrogens is 1. The second-order valence-corrected chi connectivity index (χ2v) is 4.16. The Hall–Kier alpha value is -1.21. The lowest BCUT2D eigenvalue weighted by Crippen LogP contribution is -2.24. The van der Waals surface area contributed by atoms with Gasteiger partial charge in [0.2, 0.25) is 0 Å². The molecule has 0 radical (unpaired) electrons. The summed E-state index contributed by atoms with van der Waals surface area (Å²) >= 11 is 8.74. The summed E-state index contributed by atoms with van der Waals surface area (Å²) in [6, 6.07) is 1.39. The zero-order valence-electron chi connectivity index (χ0n) is 8.42. The highest BCUT2D eigenvalue weighted by molar-refractivity contribution is 9.10. The smallest absolute Gasteiger partial charge is 0.259 e. The quantitative estimate of drug-likeness (QED) is 0.374. The molecule has 0 saturated heterocycles. The molecule has 1 rings (SSSR count). The molecular formula is C8H8BrClN4O3. The summed E-state index contributed by atoms with van der Waals surface area (Å²) in [7, 11) is 0. The van der Waals surface area contributed by atoms with Gasteiger partial charge in [-0.2, -0.15) is 4.98 Å². The molecule has 0 aliphatic carbocycles. The Bertz CT molecular complexity index is 453. The largest absolute Gasteiger partial charge is 0.502 e. The van der Waals surface area contributed by atoms with E-state index in [9.17, 15) is 5.11 Å². The topological polar surface area (TPSA) is 111 Å². The molecule has 0 saturated carbocycles. The molecule has 1 aromatic heterocycles. The summed E-state index contributed by atoms with van der Waals surface area (Å²) in [5.41, 5.74) is 8.15. The first-order valence-electron chi connectivity index (χ1n) is 4.41. The zero-order chi connectivity index (χ0) is 12.8. The van der Waals surface area contributed by atoms with Gasteiger partial charge in [0.25, 0.3) is 5.88 Å². The third-order valence-electron chi connectivity index (χ3n) is 1.71. The lowest BCUT2D eigenvalue weighted by molar-refractivity contribution is 0.114. The molecule has 0 bridgehead atoms. The highest BCUT2D eigenvalue weighted by Gasteiger charge is 2.15. The van der Waals surface area contributed by atoms with Gasteiger partial charge in [-0.25, -0.2) is 0 Å². The van der Waals surface area contributed by atoms with Crippen molar-refractivity contribution in [2.75, 3.05) is 13.2 Å². The Balaban J connectivity index is 2.89. The van der Waals surface area contributed by atoms with Crippen LogP contribution in [0.4, 0.5) is 0 Å². The van der Waals surface area contributed by atoms with Crippen LogP contribution in [0.5, 0.6) is 11.6 Å². The number of aliphatic hydroxyl groups excluding tert-OH is 1.